The van der Waals surface area contributed by atoms with Gasteiger partial charge in [-0.05, 0) is 12.1 Å². The van der Waals surface area contributed by atoms with E-state index < -0.39 is 17.4 Å². The second-order valence-corrected chi connectivity index (χ2v) is 7.74. The maximum atomic E-state index is 13.2. The molecule has 1 aromatic rings. The molecule has 3 fully saturated rings. The zero-order valence-corrected chi connectivity index (χ0v) is 15.1. The molecule has 4 heterocycles. The number of para-hydroxylation sites is 1. The highest BCUT2D eigenvalue weighted by atomic mass is 16.5. The Morgan fingerprint density at radius 1 is 1.19 bits per heavy atom. The third-order valence-corrected chi connectivity index (χ3v) is 6.17. The van der Waals surface area contributed by atoms with E-state index in [9.17, 15) is 14.4 Å². The van der Waals surface area contributed by atoms with Gasteiger partial charge in [-0.15, -0.1) is 0 Å². The number of carbonyl (C=O) groups is 3. The van der Waals surface area contributed by atoms with E-state index in [2.05, 4.69) is 0 Å². The predicted octanol–water partition coefficient (Wildman–Crippen LogP) is 0.274. The first-order chi connectivity index (χ1) is 13.0. The zero-order chi connectivity index (χ0) is 18.8. The molecule has 0 aliphatic carbocycles. The van der Waals surface area contributed by atoms with Gasteiger partial charge in [0.1, 0.15) is 12.1 Å². The molecule has 0 radical (unpaired) electrons. The summed E-state index contributed by atoms with van der Waals surface area (Å²) in [5, 5.41) is 0. The van der Waals surface area contributed by atoms with Crippen LogP contribution in [-0.4, -0.2) is 72.5 Å². The van der Waals surface area contributed by atoms with E-state index in [4.69, 9.17) is 4.74 Å². The Morgan fingerprint density at radius 3 is 2.70 bits per heavy atom. The fourth-order valence-electron chi connectivity index (χ4n) is 4.93. The second kappa shape index (κ2) is 5.66. The molecule has 0 saturated carbocycles. The molecule has 27 heavy (non-hydrogen) atoms. The molecule has 140 valence electrons. The van der Waals surface area contributed by atoms with Gasteiger partial charge in [-0.3, -0.25) is 14.4 Å². The van der Waals surface area contributed by atoms with Crippen LogP contribution in [0.4, 0.5) is 5.69 Å². The number of ether oxygens (including phenoxy) is 1. The second-order valence-electron chi connectivity index (χ2n) is 7.74. The number of hydrogen-bond acceptors (Lipinski definition) is 4. The lowest BCUT2D eigenvalue weighted by Crippen LogP contribution is -2.55. The summed E-state index contributed by atoms with van der Waals surface area (Å²) in [5.74, 6) is -1.32. The van der Waals surface area contributed by atoms with Crippen LogP contribution in [-0.2, 0) is 19.1 Å². The Labute approximate surface area is 157 Å². The van der Waals surface area contributed by atoms with E-state index in [0.717, 1.165) is 5.69 Å². The van der Waals surface area contributed by atoms with E-state index in [-0.39, 0.29) is 30.4 Å². The number of piperazine rings is 1. The summed E-state index contributed by atoms with van der Waals surface area (Å²) in [5.41, 5.74) is 0.166. The van der Waals surface area contributed by atoms with Gasteiger partial charge in [0.15, 0.2) is 0 Å². The summed E-state index contributed by atoms with van der Waals surface area (Å²) in [6.45, 7) is 1.42. The molecule has 0 N–H and O–H groups in total. The first-order valence-corrected chi connectivity index (χ1v) is 9.26. The van der Waals surface area contributed by atoms with Crippen LogP contribution in [0.3, 0.4) is 0 Å². The first kappa shape index (κ1) is 16.5. The van der Waals surface area contributed by atoms with Crippen LogP contribution in [0.15, 0.2) is 42.5 Å². The third kappa shape index (κ3) is 2.27. The van der Waals surface area contributed by atoms with Crippen LogP contribution in [0.5, 0.6) is 0 Å². The molecule has 0 aromatic heterocycles. The normalized spacial score (nSPS) is 34.6. The summed E-state index contributed by atoms with van der Waals surface area (Å²) in [7, 11) is 1.74. The Morgan fingerprint density at radius 2 is 1.96 bits per heavy atom. The highest BCUT2D eigenvalue weighted by molar-refractivity contribution is 5.99. The van der Waals surface area contributed by atoms with Crippen LogP contribution in [0.25, 0.3) is 0 Å². The number of benzene rings is 1. The topological polar surface area (TPSA) is 70.2 Å². The zero-order valence-electron chi connectivity index (χ0n) is 15.1. The lowest BCUT2D eigenvalue weighted by Gasteiger charge is -2.37. The molecule has 7 nitrogen and oxygen atoms in total. The number of fused-ring (bicyclic) bond motifs is 1. The molecule has 5 rings (SSSR count). The lowest BCUT2D eigenvalue weighted by atomic mass is 9.76. The molecule has 3 amide bonds. The van der Waals surface area contributed by atoms with Gasteiger partial charge < -0.3 is 19.4 Å². The summed E-state index contributed by atoms with van der Waals surface area (Å²) in [6, 6.07) is 9.46. The molecule has 4 atom stereocenters. The Bertz CT molecular complexity index is 854. The van der Waals surface area contributed by atoms with Crippen molar-refractivity contribution >= 4 is 23.4 Å². The number of nitrogens with zero attached hydrogens (tertiary/aromatic N) is 3. The van der Waals surface area contributed by atoms with E-state index in [1.165, 1.54) is 0 Å². The van der Waals surface area contributed by atoms with E-state index in [1.807, 2.05) is 42.5 Å². The van der Waals surface area contributed by atoms with Crippen molar-refractivity contribution in [3.63, 3.8) is 0 Å². The molecule has 4 aliphatic heterocycles. The molecular weight excluding hydrogens is 346 g/mol. The molecular formula is C20H21N3O4. The van der Waals surface area contributed by atoms with Gasteiger partial charge in [-0.2, -0.15) is 0 Å². The number of amides is 3. The number of likely N-dealkylation sites (tertiary alicyclic amines) is 1. The van der Waals surface area contributed by atoms with Crippen LogP contribution in [0.1, 0.15) is 0 Å². The maximum Gasteiger partial charge on any atom is 0.246 e. The van der Waals surface area contributed by atoms with Gasteiger partial charge in [0.25, 0.3) is 0 Å². The lowest BCUT2D eigenvalue weighted by molar-refractivity contribution is -0.145. The van der Waals surface area contributed by atoms with Crippen LogP contribution in [0.2, 0.25) is 0 Å². The maximum absolute atomic E-state index is 13.2. The van der Waals surface area contributed by atoms with Crippen molar-refractivity contribution in [3.05, 3.63) is 42.5 Å². The SMILES string of the molecule is CN1C[C@@]23C=C[C@@H](O2)[C@@H](C(=O)N2CCN(c4ccccc4)C(=O)C2)[C@H]3C1=O. The van der Waals surface area contributed by atoms with Crippen LogP contribution >= 0.6 is 0 Å². The fourth-order valence-corrected chi connectivity index (χ4v) is 4.93. The minimum absolute atomic E-state index is 0.0322. The van der Waals surface area contributed by atoms with Gasteiger partial charge in [-0.1, -0.05) is 30.4 Å². The number of carbonyl (C=O) groups excluding carboxylic acids is 3. The fraction of sp³-hybridized carbons (Fsp3) is 0.450. The van der Waals surface area contributed by atoms with Gasteiger partial charge >= 0.3 is 0 Å². The molecule has 4 aliphatic rings. The standard InChI is InChI=1S/C20H21N3O4/c1-21-12-20-8-7-14(27-20)16(17(20)19(21)26)18(25)22-9-10-23(15(24)11-22)13-5-3-2-4-6-13/h2-8,14,16-17H,9-12H2,1H3/t14-,16-,17+,20-/m1/s1. The van der Waals surface area contributed by atoms with Crippen LogP contribution < -0.4 is 4.90 Å². The minimum Gasteiger partial charge on any atom is -0.360 e. The van der Waals surface area contributed by atoms with Crippen molar-refractivity contribution in [2.75, 3.05) is 38.1 Å². The Balaban J connectivity index is 1.35. The molecule has 1 aromatic carbocycles. The highest BCUT2D eigenvalue weighted by Crippen LogP contribution is 2.52. The Hall–Kier alpha value is -2.67. The van der Waals surface area contributed by atoms with Gasteiger partial charge in [0.05, 0.1) is 24.5 Å². The highest BCUT2D eigenvalue weighted by Gasteiger charge is 2.66. The molecule has 7 heteroatoms. The number of likely N-dealkylation sites (N-methyl/N-ethyl adjacent to an activating group) is 1. The monoisotopic (exact) mass is 367 g/mol. The first-order valence-electron chi connectivity index (χ1n) is 9.26. The average Bonchev–Trinajstić information content (AvgIpc) is 3.30. The number of hydrogen-bond donors (Lipinski definition) is 0. The largest absolute Gasteiger partial charge is 0.360 e. The van der Waals surface area contributed by atoms with Crippen molar-refractivity contribution < 1.29 is 19.1 Å². The number of rotatable bonds is 2. The summed E-state index contributed by atoms with van der Waals surface area (Å²) in [6.07, 6.45) is 3.46. The van der Waals surface area contributed by atoms with E-state index in [1.54, 1.807) is 21.7 Å². The smallest absolute Gasteiger partial charge is 0.246 e. The Kier molecular flexibility index (Phi) is 3.46. The third-order valence-electron chi connectivity index (χ3n) is 6.17. The van der Waals surface area contributed by atoms with E-state index >= 15 is 0 Å². The van der Waals surface area contributed by atoms with Gasteiger partial charge in [0, 0.05) is 25.8 Å². The van der Waals surface area contributed by atoms with E-state index in [0.29, 0.717) is 19.6 Å². The quantitative estimate of drug-likeness (QED) is 0.704. The van der Waals surface area contributed by atoms with Crippen molar-refractivity contribution in [3.8, 4) is 0 Å². The average molecular weight is 367 g/mol. The molecule has 1 spiro atoms. The van der Waals surface area contributed by atoms with Gasteiger partial charge in [-0.25, -0.2) is 0 Å². The van der Waals surface area contributed by atoms with Crippen molar-refractivity contribution in [1.29, 1.82) is 0 Å². The molecule has 3 saturated heterocycles. The summed E-state index contributed by atoms with van der Waals surface area (Å²) < 4.78 is 6.05. The van der Waals surface area contributed by atoms with Crippen molar-refractivity contribution in [2.24, 2.45) is 11.8 Å². The van der Waals surface area contributed by atoms with Crippen molar-refractivity contribution in [2.45, 2.75) is 11.7 Å². The predicted molar refractivity (Wildman–Crippen MR) is 96.7 cm³/mol. The van der Waals surface area contributed by atoms with Gasteiger partial charge in [0.2, 0.25) is 17.7 Å². The number of anilines is 1. The van der Waals surface area contributed by atoms with Crippen molar-refractivity contribution in [1.82, 2.24) is 9.80 Å². The molecule has 0 unspecified atom stereocenters. The van der Waals surface area contributed by atoms with Crippen LogP contribution in [0, 0.1) is 11.8 Å². The minimum atomic E-state index is -0.674. The summed E-state index contributed by atoms with van der Waals surface area (Å²) >= 11 is 0. The molecule has 2 bridgehead atoms. The summed E-state index contributed by atoms with van der Waals surface area (Å²) in [4.78, 5) is 43.4.